The molecule has 1 heterocycles. The minimum atomic E-state index is -0.602. The molecule has 0 unspecified atom stereocenters. The molecule has 3 rings (SSSR count). The summed E-state index contributed by atoms with van der Waals surface area (Å²) in [7, 11) is 1.25. The summed E-state index contributed by atoms with van der Waals surface area (Å²) in [5.74, 6) is -0.931. The highest BCUT2D eigenvalue weighted by Gasteiger charge is 2.22. The fourth-order valence-electron chi connectivity index (χ4n) is 2.44. The Morgan fingerprint density at radius 1 is 1.11 bits per heavy atom. The maximum Gasteiger partial charge on any atom is 0.341 e. The van der Waals surface area contributed by atoms with Gasteiger partial charge in [-0.3, -0.25) is 4.79 Å². The van der Waals surface area contributed by atoms with Crippen LogP contribution >= 0.6 is 22.9 Å². The SMILES string of the molecule is COC(=O)c1c(-c2ccc(F)cc2)csc1NC(=O)COc1ccc(Cl)cc1. The fourth-order valence-corrected chi connectivity index (χ4v) is 3.54. The maximum absolute atomic E-state index is 13.2. The number of benzene rings is 2. The lowest BCUT2D eigenvalue weighted by atomic mass is 10.0. The number of halogens is 2. The molecular weight excluding hydrogens is 405 g/mol. The van der Waals surface area contributed by atoms with Crippen LogP contribution in [0.3, 0.4) is 0 Å². The van der Waals surface area contributed by atoms with Crippen molar-refractivity contribution in [1.29, 1.82) is 0 Å². The van der Waals surface area contributed by atoms with E-state index in [1.54, 1.807) is 41.8 Å². The summed E-state index contributed by atoms with van der Waals surface area (Å²) >= 11 is 6.98. The van der Waals surface area contributed by atoms with Gasteiger partial charge >= 0.3 is 5.97 Å². The number of carbonyl (C=O) groups excluding carboxylic acids is 2. The van der Waals surface area contributed by atoms with Crippen LogP contribution in [-0.2, 0) is 9.53 Å². The standard InChI is InChI=1S/C20H15ClFNO4S/c1-26-20(25)18-16(12-2-6-14(22)7-3-12)11-28-19(18)23-17(24)10-27-15-8-4-13(21)5-9-15/h2-9,11H,10H2,1H3,(H,23,24). The third-order valence-electron chi connectivity index (χ3n) is 3.77. The summed E-state index contributed by atoms with van der Waals surface area (Å²) in [4.78, 5) is 24.5. The van der Waals surface area contributed by atoms with Gasteiger partial charge in [-0.15, -0.1) is 11.3 Å². The van der Waals surface area contributed by atoms with E-state index in [2.05, 4.69) is 5.32 Å². The van der Waals surface area contributed by atoms with Crippen LogP contribution in [0.25, 0.3) is 11.1 Å². The fraction of sp³-hybridized carbons (Fsp3) is 0.100. The van der Waals surface area contributed by atoms with Crippen LogP contribution in [0, 0.1) is 5.82 Å². The summed E-state index contributed by atoms with van der Waals surface area (Å²) in [6.07, 6.45) is 0. The van der Waals surface area contributed by atoms with Crippen molar-refractivity contribution in [3.05, 3.63) is 70.3 Å². The predicted octanol–water partition coefficient (Wildman–Crippen LogP) is 5.01. The average molecular weight is 420 g/mol. The summed E-state index contributed by atoms with van der Waals surface area (Å²) in [5, 5.41) is 5.26. The minimum Gasteiger partial charge on any atom is -0.484 e. The predicted molar refractivity (Wildman–Crippen MR) is 107 cm³/mol. The van der Waals surface area contributed by atoms with Gasteiger partial charge in [-0.1, -0.05) is 23.7 Å². The average Bonchev–Trinajstić information content (AvgIpc) is 3.11. The molecular formula is C20H15ClFNO4S. The van der Waals surface area contributed by atoms with Crippen LogP contribution in [0.2, 0.25) is 5.02 Å². The summed E-state index contributed by atoms with van der Waals surface area (Å²) in [5.41, 5.74) is 1.39. The number of rotatable bonds is 6. The number of thiophene rings is 1. The van der Waals surface area contributed by atoms with Gasteiger partial charge in [-0.2, -0.15) is 0 Å². The van der Waals surface area contributed by atoms with Crippen molar-refractivity contribution in [2.75, 3.05) is 19.0 Å². The van der Waals surface area contributed by atoms with E-state index in [4.69, 9.17) is 21.1 Å². The molecule has 0 saturated heterocycles. The van der Waals surface area contributed by atoms with Gasteiger partial charge in [-0.25, -0.2) is 9.18 Å². The molecule has 0 bridgehead atoms. The third-order valence-corrected chi connectivity index (χ3v) is 4.92. The van der Waals surface area contributed by atoms with Crippen molar-refractivity contribution >= 4 is 39.8 Å². The molecule has 0 saturated carbocycles. The molecule has 1 N–H and O–H groups in total. The van der Waals surface area contributed by atoms with Gasteiger partial charge in [0, 0.05) is 16.0 Å². The number of hydrogen-bond donors (Lipinski definition) is 1. The number of nitrogens with one attached hydrogen (secondary N) is 1. The van der Waals surface area contributed by atoms with Crippen LogP contribution in [0.4, 0.5) is 9.39 Å². The van der Waals surface area contributed by atoms with Gasteiger partial charge in [0.1, 0.15) is 22.1 Å². The molecule has 0 aliphatic heterocycles. The van der Waals surface area contributed by atoms with Gasteiger partial charge in [0.15, 0.2) is 6.61 Å². The molecule has 5 nitrogen and oxygen atoms in total. The molecule has 0 aliphatic rings. The highest BCUT2D eigenvalue weighted by Crippen LogP contribution is 2.36. The molecule has 8 heteroatoms. The first-order valence-corrected chi connectivity index (χ1v) is 9.37. The minimum absolute atomic E-state index is 0.207. The first-order valence-electron chi connectivity index (χ1n) is 8.12. The van der Waals surface area contributed by atoms with E-state index in [0.29, 0.717) is 26.9 Å². The first kappa shape index (κ1) is 19.9. The Balaban J connectivity index is 1.77. The zero-order chi connectivity index (χ0) is 20.1. The molecule has 0 radical (unpaired) electrons. The van der Waals surface area contributed by atoms with E-state index in [-0.39, 0.29) is 18.0 Å². The van der Waals surface area contributed by atoms with Gasteiger partial charge in [0.2, 0.25) is 0 Å². The van der Waals surface area contributed by atoms with E-state index < -0.39 is 11.9 Å². The molecule has 1 amide bonds. The molecule has 3 aromatic rings. The Bertz CT molecular complexity index is 986. The monoisotopic (exact) mass is 419 g/mol. The van der Waals surface area contributed by atoms with Crippen molar-refractivity contribution in [3.63, 3.8) is 0 Å². The molecule has 0 aliphatic carbocycles. The van der Waals surface area contributed by atoms with Crippen LogP contribution in [0.1, 0.15) is 10.4 Å². The topological polar surface area (TPSA) is 64.6 Å². The van der Waals surface area contributed by atoms with E-state index in [9.17, 15) is 14.0 Å². The smallest absolute Gasteiger partial charge is 0.341 e. The Hall–Kier alpha value is -2.90. The number of ether oxygens (including phenoxy) is 2. The number of carbonyl (C=O) groups is 2. The highest BCUT2D eigenvalue weighted by molar-refractivity contribution is 7.15. The van der Waals surface area contributed by atoms with Crippen molar-refractivity contribution in [2.45, 2.75) is 0 Å². The number of esters is 1. The summed E-state index contributed by atoms with van der Waals surface area (Å²) in [6, 6.07) is 12.3. The second-order valence-corrected chi connectivity index (χ2v) is 6.96. The Morgan fingerprint density at radius 3 is 2.43 bits per heavy atom. The lowest BCUT2D eigenvalue weighted by molar-refractivity contribution is -0.118. The second-order valence-electron chi connectivity index (χ2n) is 5.64. The lowest BCUT2D eigenvalue weighted by Gasteiger charge is -2.09. The van der Waals surface area contributed by atoms with Gasteiger partial charge in [0.05, 0.1) is 7.11 Å². The van der Waals surface area contributed by atoms with Gasteiger partial charge in [0.25, 0.3) is 5.91 Å². The summed E-state index contributed by atoms with van der Waals surface area (Å²) in [6.45, 7) is -0.244. The van der Waals surface area contributed by atoms with Crippen LogP contribution in [0.5, 0.6) is 5.75 Å². The zero-order valence-electron chi connectivity index (χ0n) is 14.7. The van der Waals surface area contributed by atoms with Crippen LogP contribution in [0.15, 0.2) is 53.9 Å². The highest BCUT2D eigenvalue weighted by atomic mass is 35.5. The number of methoxy groups -OCH3 is 1. The molecule has 2 aromatic carbocycles. The van der Waals surface area contributed by atoms with Gasteiger partial charge in [-0.05, 0) is 42.0 Å². The van der Waals surface area contributed by atoms with Crippen molar-refractivity contribution in [2.24, 2.45) is 0 Å². The van der Waals surface area contributed by atoms with E-state index >= 15 is 0 Å². The first-order chi connectivity index (χ1) is 13.5. The van der Waals surface area contributed by atoms with Crippen molar-refractivity contribution < 1.29 is 23.5 Å². The largest absolute Gasteiger partial charge is 0.484 e. The van der Waals surface area contributed by atoms with Crippen molar-refractivity contribution in [3.8, 4) is 16.9 Å². The molecule has 1 aromatic heterocycles. The molecule has 144 valence electrons. The van der Waals surface area contributed by atoms with Crippen LogP contribution < -0.4 is 10.1 Å². The second kappa shape index (κ2) is 8.86. The normalized spacial score (nSPS) is 10.4. The maximum atomic E-state index is 13.2. The molecule has 0 atom stereocenters. The van der Waals surface area contributed by atoms with Crippen LogP contribution in [-0.4, -0.2) is 25.6 Å². The summed E-state index contributed by atoms with van der Waals surface area (Å²) < 4.78 is 23.4. The van der Waals surface area contributed by atoms with E-state index in [1.165, 1.54) is 30.6 Å². The Labute approximate surface area is 169 Å². The Morgan fingerprint density at radius 2 is 1.79 bits per heavy atom. The number of amides is 1. The molecule has 0 spiro atoms. The molecule has 0 fully saturated rings. The quantitative estimate of drug-likeness (QED) is 0.570. The zero-order valence-corrected chi connectivity index (χ0v) is 16.3. The van der Waals surface area contributed by atoms with Crippen molar-refractivity contribution in [1.82, 2.24) is 0 Å². The molecule has 28 heavy (non-hydrogen) atoms. The van der Waals surface area contributed by atoms with E-state index in [0.717, 1.165) is 0 Å². The third kappa shape index (κ3) is 4.68. The number of anilines is 1. The Kier molecular flexibility index (Phi) is 6.28. The lowest BCUT2D eigenvalue weighted by Crippen LogP contribution is -2.21. The number of hydrogen-bond acceptors (Lipinski definition) is 5. The van der Waals surface area contributed by atoms with E-state index in [1.807, 2.05) is 0 Å². The van der Waals surface area contributed by atoms with Gasteiger partial charge < -0.3 is 14.8 Å².